The highest BCUT2D eigenvalue weighted by Gasteiger charge is 2.21. The summed E-state index contributed by atoms with van der Waals surface area (Å²) in [6.07, 6.45) is 0. The smallest absolute Gasteiger partial charge is 0.134 e. The van der Waals surface area contributed by atoms with Crippen LogP contribution in [0.1, 0.15) is 19.4 Å². The highest BCUT2D eigenvalue weighted by atomic mass is 32.1. The van der Waals surface area contributed by atoms with Crippen LogP contribution in [0.4, 0.5) is 8.78 Å². The fourth-order valence-corrected chi connectivity index (χ4v) is 2.26. The molecule has 1 N–H and O–H groups in total. The number of halogens is 2. The van der Waals surface area contributed by atoms with Crippen LogP contribution in [0.15, 0.2) is 29.0 Å². The Balaban J connectivity index is 2.58. The number of benzene rings is 1. The highest BCUT2D eigenvalue weighted by Crippen LogP contribution is 2.31. The molecule has 0 radical (unpaired) electrons. The van der Waals surface area contributed by atoms with Crippen LogP contribution in [0.3, 0.4) is 0 Å². The Morgan fingerprint density at radius 2 is 1.76 bits per heavy atom. The Bertz CT molecular complexity index is 504. The van der Waals surface area contributed by atoms with Gasteiger partial charge in [-0.2, -0.15) is 11.3 Å². The van der Waals surface area contributed by atoms with E-state index < -0.39 is 17.2 Å². The molecule has 2 rings (SSSR count). The van der Waals surface area contributed by atoms with Crippen LogP contribution >= 0.6 is 11.3 Å². The van der Waals surface area contributed by atoms with E-state index in [0.29, 0.717) is 5.56 Å². The quantitative estimate of drug-likeness (QED) is 0.861. The Labute approximate surface area is 102 Å². The third-order valence-corrected chi connectivity index (χ3v) is 3.24. The molecule has 2 aromatic rings. The van der Waals surface area contributed by atoms with E-state index in [1.807, 2.05) is 0 Å². The standard InChI is InChI=1S/C13H12F2OS/c1-13(2,16)9-5-10(14)12(11(15)6-9)8-3-4-17-7-8/h3-7,16H,1-2H3. The van der Waals surface area contributed by atoms with Crippen molar-refractivity contribution in [2.45, 2.75) is 19.4 Å². The average Bonchev–Trinajstić information content (AvgIpc) is 2.68. The summed E-state index contributed by atoms with van der Waals surface area (Å²) < 4.78 is 27.7. The van der Waals surface area contributed by atoms with Gasteiger partial charge in [0.25, 0.3) is 0 Å². The van der Waals surface area contributed by atoms with E-state index in [9.17, 15) is 13.9 Å². The van der Waals surface area contributed by atoms with E-state index in [1.165, 1.54) is 37.3 Å². The molecule has 1 heterocycles. The number of aliphatic hydroxyl groups is 1. The molecule has 0 aliphatic carbocycles. The fourth-order valence-electron chi connectivity index (χ4n) is 1.61. The van der Waals surface area contributed by atoms with Gasteiger partial charge in [0.05, 0.1) is 11.2 Å². The lowest BCUT2D eigenvalue weighted by atomic mass is 9.95. The van der Waals surface area contributed by atoms with Crippen molar-refractivity contribution in [3.05, 3.63) is 46.2 Å². The topological polar surface area (TPSA) is 20.2 Å². The van der Waals surface area contributed by atoms with Crippen molar-refractivity contribution < 1.29 is 13.9 Å². The average molecular weight is 254 g/mol. The summed E-state index contributed by atoms with van der Waals surface area (Å²) >= 11 is 1.38. The molecule has 0 unspecified atom stereocenters. The summed E-state index contributed by atoms with van der Waals surface area (Å²) in [5.74, 6) is -1.30. The second kappa shape index (κ2) is 4.20. The largest absolute Gasteiger partial charge is 0.386 e. The van der Waals surface area contributed by atoms with Gasteiger partial charge in [0, 0.05) is 0 Å². The van der Waals surface area contributed by atoms with Gasteiger partial charge in [-0.1, -0.05) is 0 Å². The van der Waals surface area contributed by atoms with Crippen LogP contribution in [-0.4, -0.2) is 5.11 Å². The molecule has 90 valence electrons. The normalized spacial score (nSPS) is 11.8. The molecule has 0 spiro atoms. The van der Waals surface area contributed by atoms with Crippen molar-refractivity contribution in [3.8, 4) is 11.1 Å². The minimum absolute atomic E-state index is 0.0424. The van der Waals surface area contributed by atoms with E-state index in [0.717, 1.165) is 0 Å². The van der Waals surface area contributed by atoms with Crippen LogP contribution in [0.5, 0.6) is 0 Å². The van der Waals surface area contributed by atoms with Crippen LogP contribution in [-0.2, 0) is 5.60 Å². The van der Waals surface area contributed by atoms with Crippen LogP contribution in [0.25, 0.3) is 11.1 Å². The molecule has 1 nitrogen and oxygen atoms in total. The first-order valence-corrected chi connectivity index (χ1v) is 6.08. The molecule has 1 aromatic heterocycles. The number of thiophene rings is 1. The molecule has 0 bridgehead atoms. The zero-order valence-electron chi connectivity index (χ0n) is 9.50. The first kappa shape index (κ1) is 12.2. The summed E-state index contributed by atoms with van der Waals surface area (Å²) in [6, 6.07) is 4.02. The van der Waals surface area contributed by atoms with Gasteiger partial charge in [-0.25, -0.2) is 8.78 Å². The summed E-state index contributed by atoms with van der Waals surface area (Å²) in [6.45, 7) is 2.98. The van der Waals surface area contributed by atoms with Crippen LogP contribution in [0, 0.1) is 11.6 Å². The molecule has 0 saturated heterocycles. The zero-order valence-corrected chi connectivity index (χ0v) is 10.3. The first-order valence-electron chi connectivity index (χ1n) is 5.14. The van der Waals surface area contributed by atoms with Crippen molar-refractivity contribution in [2.24, 2.45) is 0 Å². The number of rotatable bonds is 2. The van der Waals surface area contributed by atoms with E-state index >= 15 is 0 Å². The second-order valence-corrected chi connectivity index (χ2v) is 5.17. The molecular weight excluding hydrogens is 242 g/mol. The van der Waals surface area contributed by atoms with Crippen molar-refractivity contribution >= 4 is 11.3 Å². The van der Waals surface area contributed by atoms with Crippen LogP contribution < -0.4 is 0 Å². The van der Waals surface area contributed by atoms with E-state index in [-0.39, 0.29) is 11.1 Å². The summed E-state index contributed by atoms with van der Waals surface area (Å²) in [7, 11) is 0. The van der Waals surface area contributed by atoms with E-state index in [4.69, 9.17) is 0 Å². The second-order valence-electron chi connectivity index (χ2n) is 4.39. The van der Waals surface area contributed by atoms with Crippen molar-refractivity contribution in [2.75, 3.05) is 0 Å². The molecule has 17 heavy (non-hydrogen) atoms. The highest BCUT2D eigenvalue weighted by molar-refractivity contribution is 7.08. The molecule has 4 heteroatoms. The maximum absolute atomic E-state index is 13.9. The SMILES string of the molecule is CC(C)(O)c1cc(F)c(-c2ccsc2)c(F)c1. The number of hydrogen-bond donors (Lipinski definition) is 1. The molecule has 0 aliphatic heterocycles. The summed E-state index contributed by atoms with van der Waals surface area (Å²) in [5, 5.41) is 13.2. The lowest BCUT2D eigenvalue weighted by Gasteiger charge is -2.18. The predicted octanol–water partition coefficient (Wildman–Crippen LogP) is 3.92. The first-order chi connectivity index (χ1) is 7.89. The molecule has 1 aromatic carbocycles. The fraction of sp³-hybridized carbons (Fsp3) is 0.231. The Hall–Kier alpha value is -1.26. The summed E-state index contributed by atoms with van der Waals surface area (Å²) in [4.78, 5) is 0. The molecule has 0 amide bonds. The maximum atomic E-state index is 13.9. The van der Waals surface area contributed by atoms with Crippen molar-refractivity contribution in [1.29, 1.82) is 0 Å². The minimum atomic E-state index is -1.26. The van der Waals surface area contributed by atoms with Gasteiger partial charge in [0.2, 0.25) is 0 Å². The van der Waals surface area contributed by atoms with Crippen molar-refractivity contribution in [3.63, 3.8) is 0 Å². The van der Waals surface area contributed by atoms with E-state index in [2.05, 4.69) is 0 Å². The van der Waals surface area contributed by atoms with E-state index in [1.54, 1.807) is 16.8 Å². The van der Waals surface area contributed by atoms with Gasteiger partial charge in [0.15, 0.2) is 0 Å². The van der Waals surface area contributed by atoms with Gasteiger partial charge in [-0.05, 0) is 53.9 Å². The summed E-state index contributed by atoms with van der Waals surface area (Å²) in [5.41, 5.74) is -0.549. The minimum Gasteiger partial charge on any atom is -0.386 e. The zero-order chi connectivity index (χ0) is 12.6. The molecule has 0 aliphatic rings. The van der Waals surface area contributed by atoms with Crippen LogP contribution in [0.2, 0.25) is 0 Å². The third-order valence-electron chi connectivity index (χ3n) is 2.56. The van der Waals surface area contributed by atoms with Gasteiger partial charge in [-0.15, -0.1) is 0 Å². The van der Waals surface area contributed by atoms with Gasteiger partial charge in [-0.3, -0.25) is 0 Å². The molecule has 0 fully saturated rings. The molecular formula is C13H12F2OS. The molecule has 0 saturated carbocycles. The Morgan fingerprint density at radius 1 is 1.18 bits per heavy atom. The lowest BCUT2D eigenvalue weighted by Crippen LogP contribution is -2.16. The monoisotopic (exact) mass is 254 g/mol. The number of hydrogen-bond acceptors (Lipinski definition) is 2. The Kier molecular flexibility index (Phi) is 3.02. The van der Waals surface area contributed by atoms with Gasteiger partial charge < -0.3 is 5.11 Å². The Morgan fingerprint density at radius 3 is 2.18 bits per heavy atom. The van der Waals surface area contributed by atoms with Gasteiger partial charge in [0.1, 0.15) is 11.6 Å². The predicted molar refractivity (Wildman–Crippen MR) is 64.9 cm³/mol. The maximum Gasteiger partial charge on any atom is 0.134 e. The molecule has 0 atom stereocenters. The van der Waals surface area contributed by atoms with Crippen molar-refractivity contribution in [1.82, 2.24) is 0 Å². The van der Waals surface area contributed by atoms with Gasteiger partial charge >= 0.3 is 0 Å². The lowest BCUT2D eigenvalue weighted by molar-refractivity contribution is 0.0779. The third kappa shape index (κ3) is 2.37.